The number of epoxide rings is 1. The summed E-state index contributed by atoms with van der Waals surface area (Å²) in [7, 11) is 0. The highest BCUT2D eigenvalue weighted by Crippen LogP contribution is 2.80. The summed E-state index contributed by atoms with van der Waals surface area (Å²) >= 11 is 0. The van der Waals surface area contributed by atoms with Crippen molar-refractivity contribution in [1.82, 2.24) is 10.6 Å². The van der Waals surface area contributed by atoms with Crippen LogP contribution in [0.2, 0.25) is 0 Å². The summed E-state index contributed by atoms with van der Waals surface area (Å²) in [5.74, 6) is -0.732. The van der Waals surface area contributed by atoms with Crippen LogP contribution in [0, 0.1) is 34.0 Å². The zero-order chi connectivity index (χ0) is 36.7. The van der Waals surface area contributed by atoms with E-state index in [1.165, 1.54) is 12.8 Å². The first kappa shape index (κ1) is 36.7. The number of Topliss-reactive ketones (excluding diaryl/α,β-unsaturated/α-hetero) is 1. The monoisotopic (exact) mass is 724 g/mol. The van der Waals surface area contributed by atoms with Crippen molar-refractivity contribution >= 4 is 17.7 Å². The number of carbonyl (C=O) groups excluding carboxylic acids is 3. The lowest BCUT2D eigenvalue weighted by atomic mass is 9.36. The minimum Gasteiger partial charge on any atom is -0.469 e. The average Bonchev–Trinajstić information content (AvgIpc) is 3.36. The molecule has 5 saturated heterocycles. The van der Waals surface area contributed by atoms with E-state index in [4.69, 9.17) is 23.4 Å². The number of nitrogens with one attached hydrogen (secondary N) is 2. The zero-order valence-electron chi connectivity index (χ0n) is 31.8. The molecular formula is C41H60N2O9. The zero-order valence-corrected chi connectivity index (χ0v) is 31.8. The smallest absolute Gasteiger partial charge is 0.339 e. The Labute approximate surface area is 308 Å². The number of unbranched alkanes of at least 4 members (excludes halogenated alkanes) is 3. The van der Waals surface area contributed by atoms with Crippen molar-refractivity contribution in [3.8, 4) is 0 Å². The van der Waals surface area contributed by atoms with Gasteiger partial charge in [-0.2, -0.15) is 0 Å². The first-order valence-corrected chi connectivity index (χ1v) is 20.3. The van der Waals surface area contributed by atoms with Crippen molar-refractivity contribution in [3.05, 3.63) is 23.7 Å². The summed E-state index contributed by atoms with van der Waals surface area (Å²) < 4.78 is 31.8. The molecule has 0 aromatic carbocycles. The highest BCUT2D eigenvalue weighted by atomic mass is 16.7. The number of ketones is 1. The summed E-state index contributed by atoms with van der Waals surface area (Å²) in [5.41, 5.74) is -3.90. The van der Waals surface area contributed by atoms with E-state index < -0.39 is 63.8 Å². The predicted molar refractivity (Wildman–Crippen MR) is 190 cm³/mol. The number of aryl methyl sites for hydroxylation is 1. The van der Waals surface area contributed by atoms with Gasteiger partial charge in [0.05, 0.1) is 30.3 Å². The number of fused-ring (bicyclic) bond motifs is 1. The van der Waals surface area contributed by atoms with Gasteiger partial charge in [-0.1, -0.05) is 59.8 Å². The van der Waals surface area contributed by atoms with E-state index in [0.29, 0.717) is 31.2 Å². The SMILES string of the molecule is CCC[C@H](C)CC[C@]1(C)O[C@H]2CC(=O)OC[C@]23[C@H]2CC[C@@]4(C)[C@H](c5ccoc5CCCCCC[C@H]5CNCN5)OC(=O)[C@H]5O[C@]54[C@]2(C)[C@H](O)C(=O)[C@@H]31. The Hall–Kier alpha value is -2.31. The van der Waals surface area contributed by atoms with Crippen molar-refractivity contribution in [1.29, 1.82) is 0 Å². The maximum atomic E-state index is 15.0. The molecule has 11 heteroatoms. The van der Waals surface area contributed by atoms with Crippen molar-refractivity contribution < 1.29 is 42.9 Å². The number of aliphatic hydroxyl groups is 1. The topological polar surface area (TPSA) is 149 Å². The molecule has 52 heavy (non-hydrogen) atoms. The van der Waals surface area contributed by atoms with Crippen LogP contribution in [-0.4, -0.2) is 78.2 Å². The minimum atomic E-state index is -1.39. The molecule has 0 bridgehead atoms. The van der Waals surface area contributed by atoms with Gasteiger partial charge in [-0.3, -0.25) is 9.59 Å². The molecule has 13 atom stereocenters. The van der Waals surface area contributed by atoms with E-state index >= 15 is 0 Å². The normalized spacial score (nSPS) is 45.3. The number of rotatable bonds is 13. The molecule has 2 saturated carbocycles. The van der Waals surface area contributed by atoms with Crippen LogP contribution in [0.1, 0.15) is 129 Å². The fourth-order valence-corrected chi connectivity index (χ4v) is 12.8. The van der Waals surface area contributed by atoms with Crippen LogP contribution in [0.15, 0.2) is 16.7 Å². The summed E-state index contributed by atoms with van der Waals surface area (Å²) in [6.07, 6.45) is 9.52. The van der Waals surface area contributed by atoms with E-state index in [1.54, 1.807) is 6.26 Å². The number of furan rings is 1. The second-order valence-corrected chi connectivity index (χ2v) is 18.2. The molecular weight excluding hydrogens is 664 g/mol. The number of cyclic esters (lactones) is 2. The van der Waals surface area contributed by atoms with Gasteiger partial charge < -0.3 is 39.1 Å². The Balaban J connectivity index is 1.09. The Morgan fingerprint density at radius 3 is 2.62 bits per heavy atom. The van der Waals surface area contributed by atoms with E-state index in [1.807, 2.05) is 19.9 Å². The lowest BCUT2D eigenvalue weighted by Crippen LogP contribution is -2.76. The van der Waals surface area contributed by atoms with Gasteiger partial charge in [0.2, 0.25) is 0 Å². The highest BCUT2D eigenvalue weighted by Gasteiger charge is 2.91. The van der Waals surface area contributed by atoms with Gasteiger partial charge in [0.25, 0.3) is 0 Å². The van der Waals surface area contributed by atoms with Crippen molar-refractivity contribution in [2.45, 2.75) is 160 Å². The van der Waals surface area contributed by atoms with E-state index in [-0.39, 0.29) is 30.7 Å². The second kappa shape index (κ2) is 13.2. The number of hydrogen-bond donors (Lipinski definition) is 3. The lowest BCUT2D eigenvalue weighted by molar-refractivity contribution is -0.252. The fraction of sp³-hybridized carbons (Fsp3) is 0.829. The third-order valence-electron chi connectivity index (χ3n) is 15.3. The summed E-state index contributed by atoms with van der Waals surface area (Å²) in [6, 6.07) is 2.48. The van der Waals surface area contributed by atoms with Gasteiger partial charge >= 0.3 is 11.9 Å². The van der Waals surface area contributed by atoms with Gasteiger partial charge in [0.1, 0.15) is 30.2 Å². The first-order valence-electron chi connectivity index (χ1n) is 20.3. The number of esters is 2. The maximum absolute atomic E-state index is 15.0. The van der Waals surface area contributed by atoms with E-state index in [0.717, 1.165) is 69.5 Å². The molecule has 2 spiro atoms. The molecule has 3 N–H and O–H groups in total. The third-order valence-corrected chi connectivity index (χ3v) is 15.3. The van der Waals surface area contributed by atoms with Crippen LogP contribution in [0.3, 0.4) is 0 Å². The Bertz CT molecular complexity index is 1560. The molecule has 6 heterocycles. The summed E-state index contributed by atoms with van der Waals surface area (Å²) in [6.45, 7) is 12.5. The van der Waals surface area contributed by atoms with Gasteiger partial charge in [-0.15, -0.1) is 0 Å². The Morgan fingerprint density at radius 1 is 1.04 bits per heavy atom. The van der Waals surface area contributed by atoms with Crippen LogP contribution in [0.4, 0.5) is 0 Å². The lowest BCUT2D eigenvalue weighted by Gasteiger charge is -2.66. The van der Waals surface area contributed by atoms with Crippen LogP contribution < -0.4 is 10.6 Å². The van der Waals surface area contributed by atoms with Crippen LogP contribution in [0.25, 0.3) is 0 Å². The number of aliphatic hydroxyl groups excluding tert-OH is 1. The van der Waals surface area contributed by atoms with E-state index in [9.17, 15) is 19.5 Å². The molecule has 11 nitrogen and oxygen atoms in total. The minimum absolute atomic E-state index is 0.0608. The third kappa shape index (κ3) is 5.11. The Morgan fingerprint density at radius 2 is 1.85 bits per heavy atom. The predicted octanol–water partition coefficient (Wildman–Crippen LogP) is 5.32. The van der Waals surface area contributed by atoms with Gasteiger partial charge in [-0.05, 0) is 63.4 Å². The van der Waals surface area contributed by atoms with Crippen molar-refractivity contribution in [2.75, 3.05) is 19.8 Å². The van der Waals surface area contributed by atoms with Gasteiger partial charge in [0.15, 0.2) is 11.9 Å². The molecule has 5 aliphatic heterocycles. The first-order chi connectivity index (χ1) is 24.9. The number of carbonyl (C=O) groups is 3. The second-order valence-electron chi connectivity index (χ2n) is 18.2. The molecule has 1 aromatic rings. The molecule has 0 unspecified atom stereocenters. The van der Waals surface area contributed by atoms with Gasteiger partial charge in [-0.25, -0.2) is 4.79 Å². The van der Waals surface area contributed by atoms with Crippen molar-refractivity contribution in [2.24, 2.45) is 34.0 Å². The maximum Gasteiger partial charge on any atom is 0.339 e. The fourth-order valence-electron chi connectivity index (χ4n) is 12.8. The molecule has 0 amide bonds. The van der Waals surface area contributed by atoms with Crippen molar-refractivity contribution in [3.63, 3.8) is 0 Å². The van der Waals surface area contributed by atoms with Crippen LogP contribution in [0.5, 0.6) is 0 Å². The Kier molecular flexibility index (Phi) is 9.29. The molecule has 288 valence electrons. The molecule has 1 aromatic heterocycles. The molecule has 8 rings (SSSR count). The molecule has 2 aliphatic carbocycles. The largest absolute Gasteiger partial charge is 0.469 e. The summed E-state index contributed by atoms with van der Waals surface area (Å²) in [4.78, 5) is 41.7. The number of hydrogen-bond acceptors (Lipinski definition) is 11. The molecule has 0 radical (unpaired) electrons. The molecule has 7 fully saturated rings. The average molecular weight is 725 g/mol. The highest BCUT2D eigenvalue weighted by molar-refractivity contribution is 5.92. The number of ether oxygens (including phenoxy) is 4. The molecule has 7 aliphatic rings. The summed E-state index contributed by atoms with van der Waals surface area (Å²) in [5, 5.41) is 19.3. The quantitative estimate of drug-likeness (QED) is 0.138. The van der Waals surface area contributed by atoms with E-state index in [2.05, 4.69) is 31.4 Å². The van der Waals surface area contributed by atoms with Gasteiger partial charge in [0, 0.05) is 47.5 Å². The standard InChI is InChI=1S/C41H60N2O9/c1-6-11-24(2)14-18-38(4)32-31(45)33(46)39(5)28(40(32)22-49-30(44)20-29(40)51-38)15-17-37(3)34(50-36(47)35-41(37,39)52-35)26-16-19-48-27(26)13-10-8-7-9-12-25-21-42-23-43-25/h16,19,24-25,28-29,32-35,42-43,46H,6-15,17-18,20-23H2,1-5H3/t24-,25-,28-,29-,32+,33+,34-,35+,37-,38-,39-,40-,41+/m0/s1. The van der Waals surface area contributed by atoms with Crippen LogP contribution >= 0.6 is 0 Å². The van der Waals surface area contributed by atoms with Crippen LogP contribution in [-0.2, 0) is 39.8 Å².